The number of hydrogen-bond donors (Lipinski definition) is 2. The second-order valence-electron chi connectivity index (χ2n) is 3.08. The van der Waals surface area contributed by atoms with E-state index in [1.807, 2.05) is 0 Å². The lowest BCUT2D eigenvalue weighted by Gasteiger charge is -1.99. The first-order valence-corrected chi connectivity index (χ1v) is 4.48. The first-order valence-electron chi connectivity index (χ1n) is 4.48. The van der Waals surface area contributed by atoms with Gasteiger partial charge in [-0.1, -0.05) is 5.16 Å². The molecular formula is C9H9N5O2. The van der Waals surface area contributed by atoms with E-state index in [4.69, 9.17) is 10.3 Å². The van der Waals surface area contributed by atoms with Crippen LogP contribution >= 0.6 is 0 Å². The number of rotatable bonds is 2. The molecular weight excluding hydrogens is 210 g/mol. The van der Waals surface area contributed by atoms with E-state index in [2.05, 4.69) is 20.4 Å². The highest BCUT2D eigenvalue weighted by Gasteiger charge is 2.10. The first kappa shape index (κ1) is 10.1. The van der Waals surface area contributed by atoms with Crippen LogP contribution in [0.2, 0.25) is 0 Å². The van der Waals surface area contributed by atoms with Crippen molar-refractivity contribution in [1.29, 1.82) is 0 Å². The highest BCUT2D eigenvalue weighted by molar-refractivity contribution is 6.01. The molecule has 2 aromatic heterocycles. The molecule has 0 fully saturated rings. The molecule has 7 nitrogen and oxygen atoms in total. The van der Waals surface area contributed by atoms with Crippen molar-refractivity contribution >= 4 is 17.6 Å². The summed E-state index contributed by atoms with van der Waals surface area (Å²) in [5.74, 6) is 0.0178. The van der Waals surface area contributed by atoms with Crippen LogP contribution in [0.25, 0.3) is 0 Å². The summed E-state index contributed by atoms with van der Waals surface area (Å²) in [7, 11) is 0. The number of pyridine rings is 1. The Morgan fingerprint density at radius 2 is 2.31 bits per heavy atom. The monoisotopic (exact) mass is 219 g/mol. The molecule has 2 aromatic rings. The average molecular weight is 219 g/mol. The van der Waals surface area contributed by atoms with Gasteiger partial charge in [-0.25, -0.2) is 4.98 Å². The molecule has 0 saturated carbocycles. The molecule has 0 unspecified atom stereocenters. The van der Waals surface area contributed by atoms with Crippen LogP contribution < -0.4 is 11.1 Å². The summed E-state index contributed by atoms with van der Waals surface area (Å²) in [4.78, 5) is 19.3. The van der Waals surface area contributed by atoms with Gasteiger partial charge in [-0.05, 0) is 19.1 Å². The third kappa shape index (κ3) is 2.14. The molecule has 82 valence electrons. The van der Waals surface area contributed by atoms with E-state index in [1.165, 1.54) is 12.3 Å². The third-order valence-corrected chi connectivity index (χ3v) is 1.77. The minimum Gasteiger partial charge on any atom is -0.397 e. The summed E-state index contributed by atoms with van der Waals surface area (Å²) >= 11 is 0. The van der Waals surface area contributed by atoms with Gasteiger partial charge in [0.25, 0.3) is 5.91 Å². The third-order valence-electron chi connectivity index (χ3n) is 1.77. The number of hydrogen-bond acceptors (Lipinski definition) is 6. The number of nitrogen functional groups attached to an aromatic ring is 1. The van der Waals surface area contributed by atoms with Gasteiger partial charge in [0.05, 0.1) is 11.9 Å². The second-order valence-corrected chi connectivity index (χ2v) is 3.08. The van der Waals surface area contributed by atoms with Crippen LogP contribution in [-0.4, -0.2) is 21.0 Å². The van der Waals surface area contributed by atoms with Crippen LogP contribution in [0.4, 0.5) is 11.7 Å². The Bertz CT molecular complexity index is 505. The molecule has 7 heteroatoms. The molecule has 0 spiro atoms. The van der Waals surface area contributed by atoms with E-state index in [1.54, 1.807) is 13.0 Å². The van der Waals surface area contributed by atoms with Gasteiger partial charge in [0, 0.05) is 0 Å². The van der Waals surface area contributed by atoms with Crippen LogP contribution in [0.15, 0.2) is 22.9 Å². The molecule has 0 saturated heterocycles. The van der Waals surface area contributed by atoms with Gasteiger partial charge in [0.15, 0.2) is 5.82 Å². The Balaban J connectivity index is 2.11. The maximum absolute atomic E-state index is 11.6. The Morgan fingerprint density at radius 3 is 2.88 bits per heavy atom. The van der Waals surface area contributed by atoms with E-state index in [9.17, 15) is 4.79 Å². The van der Waals surface area contributed by atoms with Gasteiger partial charge in [0.1, 0.15) is 5.69 Å². The van der Waals surface area contributed by atoms with E-state index < -0.39 is 5.91 Å². The number of nitrogens with two attached hydrogens (primary N) is 1. The van der Waals surface area contributed by atoms with Crippen molar-refractivity contribution in [3.05, 3.63) is 29.8 Å². The molecule has 0 aromatic carbocycles. The van der Waals surface area contributed by atoms with Gasteiger partial charge >= 0.3 is 6.01 Å². The van der Waals surface area contributed by atoms with E-state index in [0.29, 0.717) is 11.5 Å². The van der Waals surface area contributed by atoms with Crippen LogP contribution in [0, 0.1) is 6.92 Å². The standard InChI is InChI=1S/C9H9N5O2/c1-5-12-9(16-14-5)13-8(15)7-3-2-6(10)4-11-7/h2-4H,10H2,1H3,(H,12,13,14,15). The van der Waals surface area contributed by atoms with E-state index in [0.717, 1.165) is 0 Å². The lowest BCUT2D eigenvalue weighted by molar-refractivity contribution is 0.101. The molecule has 0 radical (unpaired) electrons. The maximum atomic E-state index is 11.6. The van der Waals surface area contributed by atoms with Crippen LogP contribution in [-0.2, 0) is 0 Å². The van der Waals surface area contributed by atoms with Gasteiger partial charge in [-0.3, -0.25) is 10.1 Å². The molecule has 1 amide bonds. The normalized spacial score (nSPS) is 10.1. The largest absolute Gasteiger partial charge is 0.397 e. The predicted molar refractivity (Wildman–Crippen MR) is 55.6 cm³/mol. The van der Waals surface area contributed by atoms with Crippen molar-refractivity contribution in [3.8, 4) is 0 Å². The summed E-state index contributed by atoms with van der Waals surface area (Å²) < 4.78 is 4.73. The molecule has 2 heterocycles. The van der Waals surface area contributed by atoms with E-state index >= 15 is 0 Å². The van der Waals surface area contributed by atoms with Gasteiger partial charge in [-0.2, -0.15) is 4.98 Å². The minimum absolute atomic E-state index is 0.0427. The Hall–Kier alpha value is -2.44. The number of nitrogens with one attached hydrogen (secondary N) is 1. The fraction of sp³-hybridized carbons (Fsp3) is 0.111. The molecule has 0 aliphatic carbocycles. The van der Waals surface area contributed by atoms with Gasteiger partial charge < -0.3 is 10.3 Å². The Labute approximate surface area is 90.7 Å². The molecule has 0 aliphatic heterocycles. The van der Waals surface area contributed by atoms with Crippen molar-refractivity contribution < 1.29 is 9.32 Å². The smallest absolute Gasteiger partial charge is 0.328 e. The SMILES string of the molecule is Cc1noc(NC(=O)c2ccc(N)cn2)n1. The molecule has 0 aliphatic rings. The zero-order chi connectivity index (χ0) is 11.5. The van der Waals surface area contributed by atoms with Crippen molar-refractivity contribution in [2.24, 2.45) is 0 Å². The summed E-state index contributed by atoms with van der Waals surface area (Å²) in [6.07, 6.45) is 1.40. The van der Waals surface area contributed by atoms with Crippen molar-refractivity contribution in [2.75, 3.05) is 11.1 Å². The predicted octanol–water partition coefficient (Wildman–Crippen LogP) is 0.608. The van der Waals surface area contributed by atoms with Gasteiger partial charge in [0.2, 0.25) is 0 Å². The van der Waals surface area contributed by atoms with Crippen LogP contribution in [0.5, 0.6) is 0 Å². The quantitative estimate of drug-likeness (QED) is 0.766. The fourth-order valence-electron chi connectivity index (χ4n) is 1.05. The fourth-order valence-corrected chi connectivity index (χ4v) is 1.05. The molecule has 0 bridgehead atoms. The number of aromatic nitrogens is 3. The van der Waals surface area contributed by atoms with E-state index in [-0.39, 0.29) is 11.7 Å². The lowest BCUT2D eigenvalue weighted by atomic mass is 10.3. The number of anilines is 2. The second kappa shape index (κ2) is 3.97. The van der Waals surface area contributed by atoms with Crippen molar-refractivity contribution in [3.63, 3.8) is 0 Å². The van der Waals surface area contributed by atoms with Crippen LogP contribution in [0.3, 0.4) is 0 Å². The van der Waals surface area contributed by atoms with Crippen molar-refractivity contribution in [1.82, 2.24) is 15.1 Å². The van der Waals surface area contributed by atoms with Crippen molar-refractivity contribution in [2.45, 2.75) is 6.92 Å². The zero-order valence-corrected chi connectivity index (χ0v) is 8.47. The molecule has 16 heavy (non-hydrogen) atoms. The number of amides is 1. The number of nitrogens with zero attached hydrogens (tertiary/aromatic N) is 3. The summed E-state index contributed by atoms with van der Waals surface area (Å²) in [5.41, 5.74) is 6.17. The number of aryl methyl sites for hydroxylation is 1. The summed E-state index contributed by atoms with van der Waals surface area (Å²) in [6.45, 7) is 1.65. The molecule has 2 rings (SSSR count). The molecule has 3 N–H and O–H groups in total. The minimum atomic E-state index is -0.427. The highest BCUT2D eigenvalue weighted by Crippen LogP contribution is 2.06. The van der Waals surface area contributed by atoms with Gasteiger partial charge in [-0.15, -0.1) is 0 Å². The zero-order valence-electron chi connectivity index (χ0n) is 8.47. The maximum Gasteiger partial charge on any atom is 0.328 e. The average Bonchev–Trinajstić information content (AvgIpc) is 2.65. The van der Waals surface area contributed by atoms with Crippen LogP contribution in [0.1, 0.15) is 16.3 Å². The number of carbonyl (C=O) groups excluding carboxylic acids is 1. The summed E-state index contributed by atoms with van der Waals surface area (Å²) in [6, 6.07) is 3.13. The number of carbonyl (C=O) groups is 1. The summed E-state index contributed by atoms with van der Waals surface area (Å²) in [5, 5.41) is 5.95. The lowest BCUT2D eigenvalue weighted by Crippen LogP contribution is -2.13. The Kier molecular flexibility index (Phi) is 2.50. The Morgan fingerprint density at radius 1 is 1.50 bits per heavy atom. The topological polar surface area (TPSA) is 107 Å². The highest BCUT2D eigenvalue weighted by atomic mass is 16.5. The molecule has 0 atom stereocenters. The first-order chi connectivity index (χ1) is 7.65.